The lowest BCUT2D eigenvalue weighted by Crippen LogP contribution is -2.41. The lowest BCUT2D eigenvalue weighted by Gasteiger charge is -2.34. The number of nitrogens with zero attached hydrogens (tertiary/aromatic N) is 1. The van der Waals surface area contributed by atoms with Gasteiger partial charge < -0.3 is 14.4 Å². The molecule has 1 heterocycles. The molecule has 4 nitrogen and oxygen atoms in total. The number of ether oxygens (including phenoxy) is 2. The molecule has 25 heavy (non-hydrogen) atoms. The van der Waals surface area contributed by atoms with Gasteiger partial charge in [-0.05, 0) is 55.9 Å². The Morgan fingerprint density at radius 2 is 1.92 bits per heavy atom. The number of amides is 1. The molecule has 1 amide bonds. The molecule has 1 aromatic carbocycles. The first kappa shape index (κ1) is 19.6. The van der Waals surface area contributed by atoms with Gasteiger partial charge in [-0.3, -0.25) is 4.79 Å². The van der Waals surface area contributed by atoms with Gasteiger partial charge in [-0.15, -0.1) is 0 Å². The van der Waals surface area contributed by atoms with Crippen LogP contribution in [-0.4, -0.2) is 37.1 Å². The molecule has 0 radical (unpaired) electrons. The molecule has 0 aliphatic carbocycles. The number of hydrogen-bond donors (Lipinski definition) is 0. The zero-order chi connectivity index (χ0) is 18.6. The molecule has 138 valence electrons. The zero-order valence-corrected chi connectivity index (χ0v) is 16.5. The predicted octanol–water partition coefficient (Wildman–Crippen LogP) is 4.65. The average Bonchev–Trinajstić information content (AvgIpc) is 2.53. The topological polar surface area (TPSA) is 38.8 Å². The summed E-state index contributed by atoms with van der Waals surface area (Å²) in [6.07, 6.45) is 4.56. The van der Waals surface area contributed by atoms with Crippen molar-refractivity contribution in [3.05, 3.63) is 28.8 Å². The van der Waals surface area contributed by atoms with Crippen LogP contribution in [0.25, 0.3) is 6.08 Å². The summed E-state index contributed by atoms with van der Waals surface area (Å²) in [4.78, 5) is 14.4. The molecule has 0 N–H and O–H groups in total. The fourth-order valence-corrected chi connectivity index (χ4v) is 3.57. The molecule has 1 aliphatic heterocycles. The van der Waals surface area contributed by atoms with Crippen molar-refractivity contribution in [1.29, 1.82) is 0 Å². The van der Waals surface area contributed by atoms with Crippen molar-refractivity contribution in [2.75, 3.05) is 20.2 Å². The monoisotopic (exact) mass is 365 g/mol. The van der Waals surface area contributed by atoms with E-state index in [1.54, 1.807) is 25.3 Å². The van der Waals surface area contributed by atoms with Gasteiger partial charge in [0.1, 0.15) is 0 Å². The van der Waals surface area contributed by atoms with Crippen LogP contribution in [-0.2, 0) is 4.79 Å². The lowest BCUT2D eigenvalue weighted by molar-refractivity contribution is -0.128. The first-order valence-electron chi connectivity index (χ1n) is 8.81. The van der Waals surface area contributed by atoms with Crippen LogP contribution in [0.15, 0.2) is 18.2 Å². The van der Waals surface area contributed by atoms with Gasteiger partial charge in [-0.2, -0.15) is 0 Å². The second-order valence-electron chi connectivity index (χ2n) is 7.22. The van der Waals surface area contributed by atoms with Gasteiger partial charge in [0, 0.05) is 19.2 Å². The Labute approximate surface area is 155 Å². The summed E-state index contributed by atoms with van der Waals surface area (Å²) in [6, 6.07) is 3.61. The fourth-order valence-electron chi connectivity index (χ4n) is 3.30. The molecule has 5 heteroatoms. The smallest absolute Gasteiger partial charge is 0.246 e. The van der Waals surface area contributed by atoms with E-state index in [9.17, 15) is 4.79 Å². The van der Waals surface area contributed by atoms with Crippen molar-refractivity contribution < 1.29 is 14.3 Å². The highest BCUT2D eigenvalue weighted by atomic mass is 35.5. The Hall–Kier alpha value is -1.68. The largest absolute Gasteiger partial charge is 0.493 e. The Bertz CT molecular complexity index is 632. The second-order valence-corrected chi connectivity index (χ2v) is 7.63. The highest BCUT2D eigenvalue weighted by molar-refractivity contribution is 6.32. The van der Waals surface area contributed by atoms with Crippen molar-refractivity contribution in [2.24, 2.45) is 11.8 Å². The normalized spacial score (nSPS) is 21.0. The number of carbonyl (C=O) groups is 1. The number of carbonyl (C=O) groups excluding carboxylic acids is 1. The lowest BCUT2D eigenvalue weighted by atomic mass is 9.92. The third-order valence-electron chi connectivity index (χ3n) is 4.20. The number of halogens is 1. The highest BCUT2D eigenvalue weighted by Gasteiger charge is 2.24. The quantitative estimate of drug-likeness (QED) is 0.713. The van der Waals surface area contributed by atoms with E-state index in [0.717, 1.165) is 18.7 Å². The molecular weight excluding hydrogens is 338 g/mol. The average molecular weight is 366 g/mol. The predicted molar refractivity (Wildman–Crippen MR) is 102 cm³/mol. The summed E-state index contributed by atoms with van der Waals surface area (Å²) >= 11 is 6.33. The highest BCUT2D eigenvalue weighted by Crippen LogP contribution is 2.37. The van der Waals surface area contributed by atoms with E-state index in [0.29, 0.717) is 28.4 Å². The maximum absolute atomic E-state index is 12.5. The van der Waals surface area contributed by atoms with Crippen LogP contribution in [0.2, 0.25) is 5.02 Å². The summed E-state index contributed by atoms with van der Waals surface area (Å²) in [5.74, 6) is 2.22. The molecule has 0 aromatic heterocycles. The molecule has 0 saturated carbocycles. The van der Waals surface area contributed by atoms with E-state index in [4.69, 9.17) is 21.1 Å². The molecule has 1 saturated heterocycles. The number of benzene rings is 1. The maximum Gasteiger partial charge on any atom is 0.246 e. The van der Waals surface area contributed by atoms with Crippen LogP contribution in [0.5, 0.6) is 11.5 Å². The van der Waals surface area contributed by atoms with E-state index in [2.05, 4.69) is 13.8 Å². The Morgan fingerprint density at radius 1 is 1.28 bits per heavy atom. The van der Waals surface area contributed by atoms with Gasteiger partial charge in [0.15, 0.2) is 11.5 Å². The van der Waals surface area contributed by atoms with Crippen molar-refractivity contribution in [2.45, 2.75) is 40.2 Å². The minimum absolute atomic E-state index is 0.00236. The van der Waals surface area contributed by atoms with Crippen LogP contribution in [0.1, 0.15) is 39.7 Å². The van der Waals surface area contributed by atoms with Crippen molar-refractivity contribution in [3.63, 3.8) is 0 Å². The molecule has 1 aliphatic rings. The summed E-state index contributed by atoms with van der Waals surface area (Å²) in [6.45, 7) is 9.89. The summed E-state index contributed by atoms with van der Waals surface area (Å²) in [7, 11) is 1.58. The number of methoxy groups -OCH3 is 1. The van der Waals surface area contributed by atoms with E-state index in [1.165, 1.54) is 6.42 Å². The van der Waals surface area contributed by atoms with Crippen molar-refractivity contribution in [1.82, 2.24) is 4.90 Å². The Morgan fingerprint density at radius 3 is 2.48 bits per heavy atom. The van der Waals surface area contributed by atoms with Gasteiger partial charge in [-0.1, -0.05) is 25.4 Å². The van der Waals surface area contributed by atoms with Crippen LogP contribution in [0.4, 0.5) is 0 Å². The fraction of sp³-hybridized carbons (Fsp3) is 0.550. The summed E-state index contributed by atoms with van der Waals surface area (Å²) in [5.41, 5.74) is 0.810. The zero-order valence-electron chi connectivity index (χ0n) is 15.7. The minimum Gasteiger partial charge on any atom is -0.493 e. The van der Waals surface area contributed by atoms with Gasteiger partial charge >= 0.3 is 0 Å². The number of likely N-dealkylation sites (tertiary alicyclic amines) is 1. The van der Waals surface area contributed by atoms with E-state index >= 15 is 0 Å². The first-order valence-corrected chi connectivity index (χ1v) is 9.19. The standard InChI is InChI=1S/C20H28ClNO3/c1-13(2)25-20-17(21)9-16(10-18(20)24-5)6-7-19(23)22-11-14(3)8-15(4)12-22/h6-7,9-10,13-15H,8,11-12H2,1-5H3/b7-6+. The maximum atomic E-state index is 12.5. The van der Waals surface area contributed by atoms with Gasteiger partial charge in [0.2, 0.25) is 5.91 Å². The molecule has 2 atom stereocenters. The molecule has 2 rings (SSSR count). The Balaban J connectivity index is 2.15. The molecule has 0 spiro atoms. The first-order chi connectivity index (χ1) is 11.8. The third kappa shape index (κ3) is 5.40. The molecule has 1 fully saturated rings. The molecular formula is C20H28ClNO3. The van der Waals surface area contributed by atoms with E-state index in [-0.39, 0.29) is 12.0 Å². The number of hydrogen-bond acceptors (Lipinski definition) is 3. The number of rotatable bonds is 5. The summed E-state index contributed by atoms with van der Waals surface area (Å²) in [5, 5.41) is 0.473. The van der Waals surface area contributed by atoms with Crippen LogP contribution in [0, 0.1) is 11.8 Å². The minimum atomic E-state index is -0.00236. The third-order valence-corrected chi connectivity index (χ3v) is 4.48. The molecule has 2 unspecified atom stereocenters. The van der Waals surface area contributed by atoms with Gasteiger partial charge in [-0.25, -0.2) is 0 Å². The number of piperidine rings is 1. The van der Waals surface area contributed by atoms with E-state index < -0.39 is 0 Å². The van der Waals surface area contributed by atoms with Crippen LogP contribution >= 0.6 is 11.6 Å². The summed E-state index contributed by atoms with van der Waals surface area (Å²) < 4.78 is 11.1. The van der Waals surface area contributed by atoms with Crippen molar-refractivity contribution in [3.8, 4) is 11.5 Å². The second kappa shape index (κ2) is 8.61. The van der Waals surface area contributed by atoms with Crippen LogP contribution < -0.4 is 9.47 Å². The van der Waals surface area contributed by atoms with Gasteiger partial charge in [0.05, 0.1) is 18.2 Å². The van der Waals surface area contributed by atoms with Crippen molar-refractivity contribution >= 4 is 23.6 Å². The van der Waals surface area contributed by atoms with Crippen LogP contribution in [0.3, 0.4) is 0 Å². The van der Waals surface area contributed by atoms with E-state index in [1.807, 2.05) is 24.8 Å². The molecule has 1 aromatic rings. The SMILES string of the molecule is COc1cc(/C=C/C(=O)N2CC(C)CC(C)C2)cc(Cl)c1OC(C)C. The Kier molecular flexibility index (Phi) is 6.77. The molecule has 0 bridgehead atoms. The van der Waals surface area contributed by atoms with Gasteiger partial charge in [0.25, 0.3) is 0 Å².